The van der Waals surface area contributed by atoms with Gasteiger partial charge in [-0.2, -0.15) is 22.8 Å². The molecule has 10 heteroatoms. The summed E-state index contributed by atoms with van der Waals surface area (Å²) in [5.74, 6) is 1.15. The van der Waals surface area contributed by atoms with Crippen molar-refractivity contribution < 1.29 is 32.3 Å². The quantitative estimate of drug-likeness (QED) is 0.470. The number of nitrogens with one attached hydrogen (secondary N) is 1. The van der Waals surface area contributed by atoms with Gasteiger partial charge in [-0.15, -0.1) is 0 Å². The van der Waals surface area contributed by atoms with Crippen molar-refractivity contribution in [2.24, 2.45) is 0 Å². The van der Waals surface area contributed by atoms with Crippen LogP contribution in [0.25, 0.3) is 0 Å². The number of alkyl halides is 3. The van der Waals surface area contributed by atoms with Crippen molar-refractivity contribution >= 4 is 29.5 Å². The van der Waals surface area contributed by atoms with Crippen LogP contribution in [-0.2, 0) is 15.8 Å². The first-order valence-corrected chi connectivity index (χ1v) is 10.3. The van der Waals surface area contributed by atoms with Crippen LogP contribution in [0.3, 0.4) is 0 Å². The third kappa shape index (κ3) is 5.75. The molecular weight excluding hydrogens is 473 g/mol. The highest BCUT2D eigenvalue weighted by Crippen LogP contribution is 2.38. The van der Waals surface area contributed by atoms with E-state index in [0.29, 0.717) is 27.8 Å². The van der Waals surface area contributed by atoms with E-state index in [1.54, 1.807) is 61.5 Å². The molecule has 1 N–H and O–H groups in total. The van der Waals surface area contributed by atoms with E-state index in [4.69, 9.17) is 25.9 Å². The summed E-state index contributed by atoms with van der Waals surface area (Å²) in [6.07, 6.45) is -4.21. The predicted molar refractivity (Wildman–Crippen MR) is 118 cm³/mol. The molecule has 0 bridgehead atoms. The first kappa shape index (κ1) is 24.8. The molecular formula is C24H18ClF3N2O4. The fraction of sp³-hybridized carbons (Fsp3) is 0.167. The molecule has 2 atom stereocenters. The van der Waals surface area contributed by atoms with Gasteiger partial charge in [0.2, 0.25) is 0 Å². The number of nitrogens with zero attached hydrogens (tertiary/aromatic N) is 1. The molecule has 3 aromatic rings. The summed E-state index contributed by atoms with van der Waals surface area (Å²) in [7, 11) is 0. The summed E-state index contributed by atoms with van der Waals surface area (Å²) < 4.78 is 45.3. The van der Waals surface area contributed by atoms with E-state index in [9.17, 15) is 18.0 Å². The minimum Gasteiger partial charge on any atom is -0.457 e. The second-order valence-electron chi connectivity index (χ2n) is 7.31. The molecule has 1 heterocycles. The van der Waals surface area contributed by atoms with Gasteiger partial charge in [0.05, 0.1) is 17.6 Å². The largest absolute Gasteiger partial charge is 0.457 e. The Morgan fingerprint density at radius 1 is 0.971 bits per heavy atom. The molecule has 34 heavy (non-hydrogen) atoms. The second kappa shape index (κ2) is 10.4. The number of rotatable bonds is 4. The Labute approximate surface area is 197 Å². The fourth-order valence-electron chi connectivity index (χ4n) is 3.62. The average Bonchev–Trinajstić information content (AvgIpc) is 3.09. The normalized spacial score (nSPS) is 17.3. The first-order valence-electron chi connectivity index (χ1n) is 9.93. The number of carbonyl (C=O) groups is 1. The van der Waals surface area contributed by atoms with E-state index in [1.165, 1.54) is 11.0 Å². The summed E-state index contributed by atoms with van der Waals surface area (Å²) in [5.41, 5.74) is 0.207. The maximum atomic E-state index is 13.2. The van der Waals surface area contributed by atoms with Crippen molar-refractivity contribution in [3.8, 4) is 11.5 Å². The van der Waals surface area contributed by atoms with Gasteiger partial charge < -0.3 is 10.1 Å². The second-order valence-corrected chi connectivity index (χ2v) is 7.75. The lowest BCUT2D eigenvalue weighted by atomic mass is 9.98. The van der Waals surface area contributed by atoms with Crippen LogP contribution in [0.2, 0.25) is 5.02 Å². The van der Waals surface area contributed by atoms with Crippen molar-refractivity contribution in [2.75, 3.05) is 4.90 Å². The van der Waals surface area contributed by atoms with E-state index in [-0.39, 0.29) is 18.2 Å². The molecule has 6 nitrogen and oxygen atoms in total. The first-order chi connectivity index (χ1) is 16.1. The molecule has 1 saturated heterocycles. The number of ether oxygens (including phenoxy) is 1. The lowest BCUT2D eigenvalue weighted by Gasteiger charge is -2.26. The number of benzene rings is 3. The molecule has 0 saturated carbocycles. The lowest BCUT2D eigenvalue weighted by molar-refractivity contribution is -0.191. The number of carbonyl (C=O) groups excluding carboxylic acids is 3. The molecule has 3 aromatic carbocycles. The van der Waals surface area contributed by atoms with E-state index in [2.05, 4.69) is 5.32 Å². The highest BCUT2D eigenvalue weighted by atomic mass is 35.5. The fourth-order valence-corrected chi connectivity index (χ4v) is 3.75. The third-order valence-corrected chi connectivity index (χ3v) is 5.29. The monoisotopic (exact) mass is 490 g/mol. The topological polar surface area (TPSA) is 75.7 Å². The van der Waals surface area contributed by atoms with Gasteiger partial charge >= 0.3 is 18.4 Å². The highest BCUT2D eigenvalue weighted by Gasteiger charge is 2.40. The van der Waals surface area contributed by atoms with Crippen molar-refractivity contribution in [2.45, 2.75) is 25.2 Å². The summed E-state index contributed by atoms with van der Waals surface area (Å²) in [6.45, 7) is 1.76. The van der Waals surface area contributed by atoms with Crippen LogP contribution in [-0.4, -0.2) is 18.2 Å². The van der Waals surface area contributed by atoms with Crippen LogP contribution >= 0.6 is 11.6 Å². The molecule has 0 aliphatic carbocycles. The van der Waals surface area contributed by atoms with Gasteiger partial charge in [0.15, 0.2) is 0 Å². The number of halogens is 4. The van der Waals surface area contributed by atoms with Gasteiger partial charge in [-0.25, -0.2) is 4.79 Å². The zero-order valence-electron chi connectivity index (χ0n) is 17.7. The van der Waals surface area contributed by atoms with Crippen LogP contribution in [0, 0.1) is 0 Å². The number of urea groups is 1. The molecule has 0 radical (unpaired) electrons. The lowest BCUT2D eigenvalue weighted by Crippen LogP contribution is -2.29. The van der Waals surface area contributed by atoms with E-state index in [1.807, 2.05) is 0 Å². The molecule has 1 fully saturated rings. The van der Waals surface area contributed by atoms with E-state index in [0.717, 1.165) is 12.1 Å². The Kier molecular flexibility index (Phi) is 7.61. The Balaban J connectivity index is 0.00000103. The molecule has 1 aliphatic heterocycles. The number of amides is 2. The van der Waals surface area contributed by atoms with Crippen LogP contribution in [0.1, 0.15) is 24.1 Å². The molecule has 1 unspecified atom stereocenters. The number of anilines is 1. The Bertz CT molecular complexity index is 1180. The van der Waals surface area contributed by atoms with Crippen LogP contribution in [0.5, 0.6) is 11.5 Å². The Morgan fingerprint density at radius 2 is 1.53 bits per heavy atom. The third-order valence-electron chi connectivity index (χ3n) is 5.04. The van der Waals surface area contributed by atoms with E-state index >= 15 is 0 Å². The van der Waals surface area contributed by atoms with Gasteiger partial charge in [-0.05, 0) is 73.2 Å². The van der Waals surface area contributed by atoms with Gasteiger partial charge in [-0.1, -0.05) is 23.7 Å². The van der Waals surface area contributed by atoms with Crippen molar-refractivity contribution in [3.63, 3.8) is 0 Å². The zero-order valence-corrected chi connectivity index (χ0v) is 18.4. The molecule has 4 rings (SSSR count). The predicted octanol–water partition coefficient (Wildman–Crippen LogP) is 6.23. The van der Waals surface area contributed by atoms with Gasteiger partial charge in [0.25, 0.3) is 0 Å². The summed E-state index contributed by atoms with van der Waals surface area (Å²) >= 11 is 5.87. The summed E-state index contributed by atoms with van der Waals surface area (Å²) in [5, 5.41) is 3.39. The minimum atomic E-state index is -4.46. The van der Waals surface area contributed by atoms with Crippen LogP contribution in [0.15, 0.2) is 72.8 Å². The maximum absolute atomic E-state index is 13.2. The highest BCUT2D eigenvalue weighted by molar-refractivity contribution is 6.30. The van der Waals surface area contributed by atoms with Gasteiger partial charge in [0, 0.05) is 10.7 Å². The number of hydrogen-bond acceptors (Lipinski definition) is 4. The standard InChI is InChI=1S/C23H18ClF3N2O2.CO2/c1-14-21(15-3-2-4-16(13-15)23(25,26)27)29(22(30)28-14)18-7-11-20(12-8-18)31-19-9-5-17(24)6-10-19;2-1-3/h2-14,21H,1H3,(H,28,30);/t14-,21?;/m0./s1. The van der Waals surface area contributed by atoms with Crippen molar-refractivity contribution in [1.82, 2.24) is 5.32 Å². The molecule has 2 amide bonds. The minimum absolute atomic E-state index is 0.250. The summed E-state index contributed by atoms with van der Waals surface area (Å²) in [4.78, 5) is 30.3. The van der Waals surface area contributed by atoms with Crippen LogP contribution in [0.4, 0.5) is 23.7 Å². The smallest absolute Gasteiger partial charge is 0.416 e. The van der Waals surface area contributed by atoms with E-state index < -0.39 is 17.8 Å². The Morgan fingerprint density at radius 3 is 2.09 bits per heavy atom. The molecule has 1 aliphatic rings. The van der Waals surface area contributed by atoms with Crippen molar-refractivity contribution in [3.05, 3.63) is 88.9 Å². The average molecular weight is 491 g/mol. The van der Waals surface area contributed by atoms with Gasteiger partial charge in [0.1, 0.15) is 11.5 Å². The molecule has 0 spiro atoms. The van der Waals surface area contributed by atoms with Crippen LogP contribution < -0.4 is 15.0 Å². The summed E-state index contributed by atoms with van der Waals surface area (Å²) in [6, 6.07) is 17.4. The SMILES string of the molecule is C[C@@H]1NC(=O)N(c2ccc(Oc3ccc(Cl)cc3)cc2)C1c1cccc(C(F)(F)F)c1.O=C=O. The Hall–Kier alpha value is -3.81. The van der Waals surface area contributed by atoms with Crippen molar-refractivity contribution in [1.29, 1.82) is 0 Å². The van der Waals surface area contributed by atoms with Gasteiger partial charge in [-0.3, -0.25) is 4.90 Å². The maximum Gasteiger partial charge on any atom is 0.416 e. The molecule has 176 valence electrons. The zero-order chi connectivity index (χ0) is 24.9. The molecule has 0 aromatic heterocycles. The number of hydrogen-bond donors (Lipinski definition) is 1.